The Morgan fingerprint density at radius 1 is 1.18 bits per heavy atom. The first-order valence-corrected chi connectivity index (χ1v) is 13.6. The van der Waals surface area contributed by atoms with Crippen LogP contribution in [0.1, 0.15) is 41.1 Å². The highest BCUT2D eigenvalue weighted by molar-refractivity contribution is 7.80. The van der Waals surface area contributed by atoms with E-state index in [0.29, 0.717) is 16.5 Å². The van der Waals surface area contributed by atoms with Crippen molar-refractivity contribution in [2.24, 2.45) is 0 Å². The van der Waals surface area contributed by atoms with E-state index >= 15 is 0 Å². The van der Waals surface area contributed by atoms with Gasteiger partial charge in [0.25, 0.3) is 5.69 Å². The van der Waals surface area contributed by atoms with Crippen molar-refractivity contribution >= 4 is 23.0 Å². The highest BCUT2D eigenvalue weighted by atomic mass is 32.1. The minimum absolute atomic E-state index is 0.0136. The lowest BCUT2D eigenvalue weighted by atomic mass is 9.96. The van der Waals surface area contributed by atoms with E-state index < -0.39 is 0 Å². The first-order valence-electron chi connectivity index (χ1n) is 13.2. The summed E-state index contributed by atoms with van der Waals surface area (Å²) < 4.78 is 13.1. The highest BCUT2D eigenvalue weighted by Gasteiger charge is 2.41. The molecule has 2 fully saturated rings. The zero-order chi connectivity index (χ0) is 27.5. The van der Waals surface area contributed by atoms with Gasteiger partial charge in [0.1, 0.15) is 5.75 Å². The number of aromatic nitrogens is 2. The van der Waals surface area contributed by atoms with E-state index in [4.69, 9.17) is 21.7 Å². The first kappa shape index (κ1) is 27.0. The molecule has 2 aliphatic rings. The van der Waals surface area contributed by atoms with Gasteiger partial charge in [0.15, 0.2) is 5.11 Å². The summed E-state index contributed by atoms with van der Waals surface area (Å²) in [4.78, 5) is 20.6. The van der Waals surface area contributed by atoms with E-state index in [-0.39, 0.29) is 22.7 Å². The Hall–Kier alpha value is -3.54. The van der Waals surface area contributed by atoms with Gasteiger partial charge in [-0.15, -0.1) is 0 Å². The molecule has 5 rings (SSSR count). The second-order valence-corrected chi connectivity index (χ2v) is 10.3. The molecule has 0 aliphatic carbocycles. The fourth-order valence-electron chi connectivity index (χ4n) is 5.70. The smallest absolute Gasteiger partial charge is 0.271 e. The van der Waals surface area contributed by atoms with Crippen LogP contribution in [0.2, 0.25) is 0 Å². The van der Waals surface area contributed by atoms with Crippen LogP contribution in [0, 0.1) is 24.0 Å². The van der Waals surface area contributed by atoms with Crippen LogP contribution in [-0.4, -0.2) is 75.9 Å². The molecule has 2 aliphatic heterocycles. The molecule has 11 heteroatoms. The molecule has 2 aromatic heterocycles. The van der Waals surface area contributed by atoms with Gasteiger partial charge >= 0.3 is 0 Å². The molecule has 0 amide bonds. The molecule has 2 atom stereocenters. The molecular formula is C28H34N6O4S. The van der Waals surface area contributed by atoms with E-state index in [1.165, 1.54) is 6.07 Å². The maximum Gasteiger partial charge on any atom is 0.271 e. The van der Waals surface area contributed by atoms with E-state index in [1.807, 2.05) is 36.6 Å². The summed E-state index contributed by atoms with van der Waals surface area (Å²) in [6, 6.07) is 12.5. The van der Waals surface area contributed by atoms with Gasteiger partial charge in [-0.2, -0.15) is 0 Å². The van der Waals surface area contributed by atoms with Crippen molar-refractivity contribution in [3.8, 4) is 11.4 Å². The van der Waals surface area contributed by atoms with Crippen LogP contribution in [0.15, 0.2) is 48.7 Å². The lowest BCUT2D eigenvalue weighted by Gasteiger charge is -2.30. The molecular weight excluding hydrogens is 516 g/mol. The highest BCUT2D eigenvalue weighted by Crippen LogP contribution is 2.42. The Labute approximate surface area is 233 Å². The van der Waals surface area contributed by atoms with Gasteiger partial charge in [0.2, 0.25) is 0 Å². The molecule has 2 saturated heterocycles. The van der Waals surface area contributed by atoms with Crippen molar-refractivity contribution in [1.29, 1.82) is 0 Å². The Morgan fingerprint density at radius 3 is 2.67 bits per heavy atom. The number of nitrogens with zero attached hydrogens (tertiary/aromatic N) is 5. The normalized spacial score (nSPS) is 19.8. The Balaban J connectivity index is 1.53. The number of aryl methyl sites for hydroxylation is 1. The largest absolute Gasteiger partial charge is 0.495 e. The average molecular weight is 551 g/mol. The predicted octanol–water partition coefficient (Wildman–Crippen LogP) is 4.10. The number of morpholine rings is 1. The predicted molar refractivity (Wildman–Crippen MR) is 152 cm³/mol. The zero-order valence-corrected chi connectivity index (χ0v) is 23.3. The number of pyridine rings is 1. The summed E-state index contributed by atoms with van der Waals surface area (Å²) in [6.07, 6.45) is 2.76. The summed E-state index contributed by atoms with van der Waals surface area (Å²) in [5.41, 5.74) is 4.58. The molecule has 2 unspecified atom stereocenters. The molecule has 3 aromatic rings. The maximum absolute atomic E-state index is 11.6. The topological polar surface area (TPSA) is 97.9 Å². The molecule has 10 nitrogen and oxygen atoms in total. The standard InChI is InChI=1S/C28H34N6O4S/c1-19-17-22(20(2)33(19)24-18-21(34(35)36)8-9-25(24)37-3)27-26(23-7-4-5-10-29-23)30-28(39)32(27)12-6-11-31-13-15-38-16-14-31/h4-5,7-10,17-18,26-27H,6,11-16H2,1-3H3,(H,30,39). The SMILES string of the molecule is COc1ccc([N+](=O)[O-])cc1-n1c(C)cc(C2C(c3ccccn3)NC(=S)N2CCCN2CCOCC2)c1C. The number of nitrogens with one attached hydrogen (secondary N) is 1. The third-order valence-corrected chi connectivity index (χ3v) is 7.93. The van der Waals surface area contributed by atoms with Gasteiger partial charge < -0.3 is 24.3 Å². The third kappa shape index (κ3) is 5.47. The van der Waals surface area contributed by atoms with Crippen LogP contribution < -0.4 is 10.1 Å². The minimum atomic E-state index is -0.384. The summed E-state index contributed by atoms with van der Waals surface area (Å²) in [5, 5.41) is 15.8. The van der Waals surface area contributed by atoms with Crippen LogP contribution >= 0.6 is 12.2 Å². The van der Waals surface area contributed by atoms with Crippen LogP contribution in [0.3, 0.4) is 0 Å². The number of hydrogen-bond donors (Lipinski definition) is 1. The average Bonchev–Trinajstić information content (AvgIpc) is 3.43. The van der Waals surface area contributed by atoms with Crippen molar-refractivity contribution in [2.45, 2.75) is 32.4 Å². The molecule has 0 saturated carbocycles. The van der Waals surface area contributed by atoms with Gasteiger partial charge in [0.05, 0.1) is 48.7 Å². The van der Waals surface area contributed by atoms with Gasteiger partial charge in [0, 0.05) is 55.9 Å². The Morgan fingerprint density at radius 2 is 1.97 bits per heavy atom. The fourth-order valence-corrected chi connectivity index (χ4v) is 6.03. The Bertz CT molecular complexity index is 1340. The quantitative estimate of drug-likeness (QED) is 0.240. The molecule has 0 radical (unpaired) electrons. The summed E-state index contributed by atoms with van der Waals surface area (Å²) in [7, 11) is 1.58. The summed E-state index contributed by atoms with van der Waals surface area (Å²) >= 11 is 5.88. The van der Waals surface area contributed by atoms with Crippen LogP contribution in [0.25, 0.3) is 5.69 Å². The van der Waals surface area contributed by atoms with Crippen molar-refractivity contribution < 1.29 is 14.4 Å². The van der Waals surface area contributed by atoms with Crippen LogP contribution in [-0.2, 0) is 4.74 Å². The van der Waals surface area contributed by atoms with Crippen molar-refractivity contribution in [3.05, 3.63) is 81.4 Å². The number of ether oxygens (including phenoxy) is 2. The lowest BCUT2D eigenvalue weighted by Crippen LogP contribution is -2.39. The number of thiocarbonyl (C=S) groups is 1. The number of nitro benzene ring substituents is 1. The van der Waals surface area contributed by atoms with E-state index in [0.717, 1.165) is 68.5 Å². The molecule has 4 heterocycles. The number of nitro groups is 1. The first-order chi connectivity index (χ1) is 18.9. The minimum Gasteiger partial charge on any atom is -0.495 e. The van der Waals surface area contributed by atoms with Crippen LogP contribution in [0.4, 0.5) is 5.69 Å². The Kier molecular flexibility index (Phi) is 8.10. The number of hydrogen-bond acceptors (Lipinski definition) is 7. The fraction of sp³-hybridized carbons (Fsp3) is 0.429. The number of rotatable bonds is 9. The molecule has 1 N–H and O–H groups in total. The van der Waals surface area contributed by atoms with Gasteiger partial charge in [-0.05, 0) is 62.3 Å². The monoisotopic (exact) mass is 550 g/mol. The molecule has 0 bridgehead atoms. The molecule has 1 aromatic carbocycles. The lowest BCUT2D eigenvalue weighted by molar-refractivity contribution is -0.384. The zero-order valence-electron chi connectivity index (χ0n) is 22.5. The second-order valence-electron chi connectivity index (χ2n) is 9.90. The number of benzene rings is 1. The number of methoxy groups -OCH3 is 1. The van der Waals surface area contributed by atoms with Gasteiger partial charge in [-0.3, -0.25) is 20.0 Å². The van der Waals surface area contributed by atoms with Gasteiger partial charge in [-0.25, -0.2) is 0 Å². The maximum atomic E-state index is 11.6. The molecule has 206 valence electrons. The van der Waals surface area contributed by atoms with Crippen LogP contribution in [0.5, 0.6) is 5.75 Å². The second kappa shape index (κ2) is 11.7. The van der Waals surface area contributed by atoms with Crippen molar-refractivity contribution in [1.82, 2.24) is 24.7 Å². The van der Waals surface area contributed by atoms with Gasteiger partial charge in [-0.1, -0.05) is 6.07 Å². The summed E-state index contributed by atoms with van der Waals surface area (Å²) in [5.74, 6) is 0.567. The number of non-ortho nitro benzene ring substituents is 1. The molecule has 39 heavy (non-hydrogen) atoms. The third-order valence-electron chi connectivity index (χ3n) is 7.58. The van der Waals surface area contributed by atoms with E-state index in [9.17, 15) is 10.1 Å². The molecule has 0 spiro atoms. The van der Waals surface area contributed by atoms with Crippen molar-refractivity contribution in [3.63, 3.8) is 0 Å². The van der Waals surface area contributed by atoms with E-state index in [1.54, 1.807) is 25.4 Å². The van der Waals surface area contributed by atoms with E-state index in [2.05, 4.69) is 26.2 Å². The summed E-state index contributed by atoms with van der Waals surface area (Å²) in [6.45, 7) is 9.29. The van der Waals surface area contributed by atoms with Crippen molar-refractivity contribution in [2.75, 3.05) is 46.5 Å².